The first-order valence-corrected chi connectivity index (χ1v) is 8.03. The molecule has 6 heteroatoms. The van der Waals surface area contributed by atoms with E-state index in [4.69, 9.17) is 17.0 Å². The average Bonchev–Trinajstić information content (AvgIpc) is 2.54. The molecule has 0 aliphatic rings. The Kier molecular flexibility index (Phi) is 6.26. The Labute approximate surface area is 146 Å². The second-order valence-electron chi connectivity index (χ2n) is 5.28. The summed E-state index contributed by atoms with van der Waals surface area (Å²) < 4.78 is 18.8. The van der Waals surface area contributed by atoms with Crippen LogP contribution in [0.25, 0.3) is 0 Å². The van der Waals surface area contributed by atoms with Gasteiger partial charge in [-0.3, -0.25) is 10.1 Å². The summed E-state index contributed by atoms with van der Waals surface area (Å²) in [4.78, 5) is 12.3. The summed E-state index contributed by atoms with van der Waals surface area (Å²) in [5, 5.41) is 5.43. The summed E-state index contributed by atoms with van der Waals surface area (Å²) in [6.07, 6.45) is 0.942. The van der Waals surface area contributed by atoms with Gasteiger partial charge in [0, 0.05) is 11.3 Å². The van der Waals surface area contributed by atoms with Crippen LogP contribution in [0.4, 0.5) is 10.1 Å². The van der Waals surface area contributed by atoms with Gasteiger partial charge in [0.15, 0.2) is 5.11 Å². The van der Waals surface area contributed by atoms with Gasteiger partial charge in [-0.25, -0.2) is 4.39 Å². The summed E-state index contributed by atoms with van der Waals surface area (Å²) in [6, 6.07) is 12.7. The Hall–Kier alpha value is -2.47. The zero-order chi connectivity index (χ0) is 17.5. The fourth-order valence-electron chi connectivity index (χ4n) is 1.93. The van der Waals surface area contributed by atoms with Crippen molar-refractivity contribution in [2.24, 2.45) is 0 Å². The molecule has 0 heterocycles. The second-order valence-corrected chi connectivity index (χ2v) is 5.69. The minimum absolute atomic E-state index is 0.0685. The number of anilines is 1. The molecule has 0 aliphatic heterocycles. The smallest absolute Gasteiger partial charge is 0.257 e. The number of thiocarbonyl (C=S) groups is 1. The molecule has 2 rings (SSSR count). The van der Waals surface area contributed by atoms with Crippen molar-refractivity contribution in [1.29, 1.82) is 0 Å². The summed E-state index contributed by atoms with van der Waals surface area (Å²) in [6.45, 7) is 3.99. The Balaban J connectivity index is 1.98. The highest BCUT2D eigenvalue weighted by Gasteiger charge is 2.10. The highest BCUT2D eigenvalue weighted by atomic mass is 32.1. The standard InChI is InChI=1S/C18H19FN2O2S/c1-3-12(2)23-16-9-4-6-13(10-16)17(22)21-18(24)20-15-8-5-7-14(19)11-15/h4-12H,3H2,1-2H3,(H2,20,21,22,24). The van der Waals surface area contributed by atoms with Crippen LogP contribution >= 0.6 is 12.2 Å². The summed E-state index contributed by atoms with van der Waals surface area (Å²) in [5.41, 5.74) is 0.897. The van der Waals surface area contributed by atoms with Crippen molar-refractivity contribution < 1.29 is 13.9 Å². The molecule has 2 aromatic carbocycles. The number of hydrogen-bond donors (Lipinski definition) is 2. The van der Waals surface area contributed by atoms with Crippen molar-refractivity contribution in [2.75, 3.05) is 5.32 Å². The zero-order valence-corrected chi connectivity index (χ0v) is 14.3. The molecule has 2 aromatic rings. The monoisotopic (exact) mass is 346 g/mol. The predicted octanol–water partition coefficient (Wildman–Crippen LogP) is 4.13. The van der Waals surface area contributed by atoms with Gasteiger partial charge >= 0.3 is 0 Å². The van der Waals surface area contributed by atoms with Crippen LogP contribution < -0.4 is 15.4 Å². The van der Waals surface area contributed by atoms with E-state index in [1.165, 1.54) is 12.1 Å². The van der Waals surface area contributed by atoms with Crippen molar-refractivity contribution >= 4 is 28.9 Å². The lowest BCUT2D eigenvalue weighted by atomic mass is 10.2. The number of amides is 1. The van der Waals surface area contributed by atoms with Gasteiger partial charge in [0.05, 0.1) is 6.10 Å². The third-order valence-corrected chi connectivity index (χ3v) is 3.52. The van der Waals surface area contributed by atoms with Crippen LogP contribution in [0.15, 0.2) is 48.5 Å². The van der Waals surface area contributed by atoms with E-state index < -0.39 is 0 Å². The number of halogens is 1. The molecule has 1 unspecified atom stereocenters. The average molecular weight is 346 g/mol. The first kappa shape index (κ1) is 17.9. The molecule has 126 valence electrons. The van der Waals surface area contributed by atoms with E-state index in [-0.39, 0.29) is 22.9 Å². The lowest BCUT2D eigenvalue weighted by Gasteiger charge is -2.14. The Morgan fingerprint density at radius 1 is 1.25 bits per heavy atom. The quantitative estimate of drug-likeness (QED) is 0.799. The van der Waals surface area contributed by atoms with Gasteiger partial charge in [0.2, 0.25) is 0 Å². The topological polar surface area (TPSA) is 50.4 Å². The zero-order valence-electron chi connectivity index (χ0n) is 13.5. The number of carbonyl (C=O) groups is 1. The molecular formula is C18H19FN2O2S. The molecule has 0 radical (unpaired) electrons. The number of carbonyl (C=O) groups excluding carboxylic acids is 1. The third kappa shape index (κ3) is 5.31. The van der Waals surface area contributed by atoms with Crippen LogP contribution in [0, 0.1) is 5.82 Å². The molecule has 1 amide bonds. The van der Waals surface area contributed by atoms with Crippen molar-refractivity contribution in [3.8, 4) is 5.75 Å². The number of rotatable bonds is 5. The van der Waals surface area contributed by atoms with Gasteiger partial charge in [-0.15, -0.1) is 0 Å². The number of nitrogens with one attached hydrogen (secondary N) is 2. The predicted molar refractivity (Wildman–Crippen MR) is 96.9 cm³/mol. The maximum absolute atomic E-state index is 13.1. The van der Waals surface area contributed by atoms with E-state index in [2.05, 4.69) is 10.6 Å². The van der Waals surface area contributed by atoms with Crippen LogP contribution in [-0.4, -0.2) is 17.1 Å². The minimum atomic E-state index is -0.385. The third-order valence-electron chi connectivity index (χ3n) is 3.32. The van der Waals surface area contributed by atoms with Gasteiger partial charge in [-0.2, -0.15) is 0 Å². The van der Waals surface area contributed by atoms with Gasteiger partial charge in [-0.05, 0) is 62.0 Å². The molecule has 0 spiro atoms. The highest BCUT2D eigenvalue weighted by molar-refractivity contribution is 7.80. The molecule has 4 nitrogen and oxygen atoms in total. The van der Waals surface area contributed by atoms with Gasteiger partial charge < -0.3 is 10.1 Å². The van der Waals surface area contributed by atoms with Crippen LogP contribution in [0.3, 0.4) is 0 Å². The fourth-order valence-corrected chi connectivity index (χ4v) is 2.14. The summed E-state index contributed by atoms with van der Waals surface area (Å²) >= 11 is 5.08. The van der Waals surface area contributed by atoms with E-state index in [1.807, 2.05) is 13.8 Å². The molecular weight excluding hydrogens is 327 g/mol. The Morgan fingerprint density at radius 3 is 2.71 bits per heavy atom. The molecule has 0 fully saturated rings. The van der Waals surface area contributed by atoms with Gasteiger partial charge in [0.25, 0.3) is 5.91 Å². The van der Waals surface area contributed by atoms with Crippen LogP contribution in [0.5, 0.6) is 5.75 Å². The highest BCUT2D eigenvalue weighted by Crippen LogP contribution is 2.16. The van der Waals surface area contributed by atoms with Gasteiger partial charge in [-0.1, -0.05) is 19.1 Å². The Bertz CT molecular complexity index is 736. The first-order valence-electron chi connectivity index (χ1n) is 7.62. The van der Waals surface area contributed by atoms with Crippen LogP contribution in [-0.2, 0) is 0 Å². The van der Waals surface area contributed by atoms with Gasteiger partial charge in [0.1, 0.15) is 11.6 Å². The molecule has 0 bridgehead atoms. The first-order chi connectivity index (χ1) is 11.5. The maximum atomic E-state index is 13.1. The van der Waals surface area contributed by atoms with E-state index in [1.54, 1.807) is 36.4 Å². The van der Waals surface area contributed by atoms with E-state index >= 15 is 0 Å². The molecule has 0 aromatic heterocycles. The lowest BCUT2D eigenvalue weighted by molar-refractivity contribution is 0.0977. The molecule has 1 atom stereocenters. The number of benzene rings is 2. The van der Waals surface area contributed by atoms with Crippen LogP contribution in [0.2, 0.25) is 0 Å². The van der Waals surface area contributed by atoms with Crippen molar-refractivity contribution in [2.45, 2.75) is 26.4 Å². The van der Waals surface area contributed by atoms with Crippen molar-refractivity contribution in [3.63, 3.8) is 0 Å². The molecule has 0 saturated heterocycles. The van der Waals surface area contributed by atoms with Crippen LogP contribution in [0.1, 0.15) is 30.6 Å². The fraction of sp³-hybridized carbons (Fsp3) is 0.222. The maximum Gasteiger partial charge on any atom is 0.257 e. The van der Waals surface area contributed by atoms with Crippen molar-refractivity contribution in [3.05, 3.63) is 59.9 Å². The van der Waals surface area contributed by atoms with Crippen molar-refractivity contribution in [1.82, 2.24) is 5.32 Å². The second kappa shape index (κ2) is 8.40. The summed E-state index contributed by atoms with van der Waals surface area (Å²) in [7, 11) is 0. The summed E-state index contributed by atoms with van der Waals surface area (Å²) in [5.74, 6) is -0.122. The molecule has 0 aliphatic carbocycles. The molecule has 2 N–H and O–H groups in total. The SMILES string of the molecule is CCC(C)Oc1cccc(C(=O)NC(=S)Nc2cccc(F)c2)c1. The normalized spacial score (nSPS) is 11.5. The van der Waals surface area contributed by atoms with E-state index in [0.717, 1.165) is 6.42 Å². The lowest BCUT2D eigenvalue weighted by Crippen LogP contribution is -2.34. The number of ether oxygens (including phenoxy) is 1. The largest absolute Gasteiger partial charge is 0.491 e. The van der Waals surface area contributed by atoms with E-state index in [0.29, 0.717) is 17.0 Å². The van der Waals surface area contributed by atoms with E-state index in [9.17, 15) is 9.18 Å². The number of hydrogen-bond acceptors (Lipinski definition) is 3. The Morgan fingerprint density at radius 2 is 2.00 bits per heavy atom. The minimum Gasteiger partial charge on any atom is -0.491 e. The molecule has 0 saturated carbocycles. The molecule has 24 heavy (non-hydrogen) atoms.